The number of carbonyl (C=O) groups is 1. The van der Waals surface area contributed by atoms with Gasteiger partial charge in [-0.1, -0.05) is 18.1 Å². The van der Waals surface area contributed by atoms with Crippen LogP contribution in [-0.4, -0.2) is 27.2 Å². The number of aromatic carboxylic acids is 1. The van der Waals surface area contributed by atoms with Crippen molar-refractivity contribution in [2.24, 2.45) is 7.05 Å². The predicted octanol–water partition coefficient (Wildman–Crippen LogP) is 2.55. The van der Waals surface area contributed by atoms with Gasteiger partial charge >= 0.3 is 5.97 Å². The van der Waals surface area contributed by atoms with Crippen molar-refractivity contribution >= 4 is 11.7 Å². The Labute approximate surface area is 134 Å². The smallest absolute Gasteiger partial charge is 0.337 e. The van der Waals surface area contributed by atoms with E-state index in [-0.39, 0.29) is 5.56 Å². The summed E-state index contributed by atoms with van der Waals surface area (Å²) in [6.45, 7) is 2.68. The van der Waals surface area contributed by atoms with E-state index >= 15 is 0 Å². The van der Waals surface area contributed by atoms with E-state index in [1.165, 1.54) is 0 Å². The zero-order valence-corrected chi connectivity index (χ0v) is 13.1. The van der Waals surface area contributed by atoms with Crippen molar-refractivity contribution in [3.05, 3.63) is 59.3 Å². The molecule has 1 aliphatic heterocycles. The number of carboxylic acid groups (broad SMARTS) is 1. The minimum Gasteiger partial charge on any atom is -0.478 e. The average molecular weight is 307 g/mol. The number of hydrogen-bond acceptors (Lipinski definition) is 3. The van der Waals surface area contributed by atoms with Gasteiger partial charge in [0.15, 0.2) is 0 Å². The van der Waals surface area contributed by atoms with E-state index in [4.69, 9.17) is 0 Å². The lowest BCUT2D eigenvalue weighted by molar-refractivity contribution is 0.0697. The molecule has 0 radical (unpaired) electrons. The average Bonchev–Trinajstić information content (AvgIpc) is 3.15. The van der Waals surface area contributed by atoms with Gasteiger partial charge in [-0.05, 0) is 31.4 Å². The van der Waals surface area contributed by atoms with Gasteiger partial charge in [0.2, 0.25) is 0 Å². The first-order valence-electron chi connectivity index (χ1n) is 7.38. The van der Waals surface area contributed by atoms with E-state index in [2.05, 4.69) is 16.8 Å². The lowest BCUT2D eigenvalue weighted by atomic mass is 10.1. The topological polar surface area (TPSA) is 58.4 Å². The molecule has 23 heavy (non-hydrogen) atoms. The van der Waals surface area contributed by atoms with Crippen LogP contribution in [0.2, 0.25) is 0 Å². The normalized spacial score (nSPS) is 13.0. The molecule has 2 heterocycles. The first-order chi connectivity index (χ1) is 11.1. The largest absolute Gasteiger partial charge is 0.478 e. The fourth-order valence-corrected chi connectivity index (χ4v) is 2.55. The number of anilines is 1. The fourth-order valence-electron chi connectivity index (χ4n) is 2.55. The summed E-state index contributed by atoms with van der Waals surface area (Å²) in [6, 6.07) is 5.18. The van der Waals surface area contributed by atoms with Gasteiger partial charge in [-0.3, -0.25) is 0 Å². The summed E-state index contributed by atoms with van der Waals surface area (Å²) < 4.78 is 1.90. The summed E-state index contributed by atoms with van der Waals surface area (Å²) in [5, 5.41) is 9.46. The molecular weight excluding hydrogens is 290 g/mol. The van der Waals surface area contributed by atoms with E-state index in [1.807, 2.05) is 48.0 Å². The third-order valence-corrected chi connectivity index (χ3v) is 3.81. The number of aryl methyl sites for hydroxylation is 2. The van der Waals surface area contributed by atoms with Crippen LogP contribution in [0.4, 0.5) is 5.69 Å². The second-order valence-corrected chi connectivity index (χ2v) is 5.41. The van der Waals surface area contributed by atoms with Gasteiger partial charge in [0.05, 0.1) is 11.3 Å². The Morgan fingerprint density at radius 3 is 2.78 bits per heavy atom. The molecule has 0 bridgehead atoms. The first kappa shape index (κ1) is 14.9. The minimum atomic E-state index is -0.947. The molecule has 0 unspecified atom stereocenters. The minimum absolute atomic E-state index is 0.264. The van der Waals surface area contributed by atoms with E-state index in [9.17, 15) is 9.90 Å². The second kappa shape index (κ2) is 6.01. The second-order valence-electron chi connectivity index (χ2n) is 5.41. The highest BCUT2D eigenvalue weighted by atomic mass is 16.4. The highest BCUT2D eigenvalue weighted by molar-refractivity contribution is 5.96. The van der Waals surface area contributed by atoms with Gasteiger partial charge in [-0.25, -0.2) is 9.78 Å². The van der Waals surface area contributed by atoms with E-state index in [0.717, 1.165) is 18.8 Å². The van der Waals surface area contributed by atoms with Crippen LogP contribution in [0.3, 0.4) is 0 Å². The predicted molar refractivity (Wildman–Crippen MR) is 88.4 cm³/mol. The Bertz CT molecular complexity index is 833. The third kappa shape index (κ3) is 2.97. The van der Waals surface area contributed by atoms with E-state index in [0.29, 0.717) is 16.9 Å². The van der Waals surface area contributed by atoms with Crippen LogP contribution >= 0.6 is 0 Å². The molecule has 0 spiro atoms. The maximum absolute atomic E-state index is 11.5. The molecular formula is C18H17N3O2. The molecule has 3 rings (SSSR count). The molecule has 1 N–H and O–H groups in total. The molecule has 2 aromatic rings. The number of benzene rings is 1. The van der Waals surface area contributed by atoms with Crippen molar-refractivity contribution in [2.75, 3.05) is 11.4 Å². The molecule has 0 saturated carbocycles. The van der Waals surface area contributed by atoms with Crippen LogP contribution in [0.15, 0.2) is 36.7 Å². The summed E-state index contributed by atoms with van der Waals surface area (Å²) >= 11 is 0. The van der Waals surface area contributed by atoms with Crippen molar-refractivity contribution in [2.45, 2.75) is 13.3 Å². The van der Waals surface area contributed by atoms with Gasteiger partial charge in [0, 0.05) is 31.6 Å². The molecule has 0 amide bonds. The van der Waals surface area contributed by atoms with Gasteiger partial charge < -0.3 is 14.6 Å². The number of para-hydroxylation sites is 1. The molecule has 1 aliphatic rings. The van der Waals surface area contributed by atoms with Crippen molar-refractivity contribution in [3.8, 4) is 11.8 Å². The van der Waals surface area contributed by atoms with Crippen LogP contribution in [0.5, 0.6) is 0 Å². The SMILES string of the molecule is Cc1nc(C#Cc2cccc(C(=O)O)c2N2C=CCC2)cn1C. The summed E-state index contributed by atoms with van der Waals surface area (Å²) in [6.07, 6.45) is 6.70. The highest BCUT2D eigenvalue weighted by Crippen LogP contribution is 2.28. The van der Waals surface area contributed by atoms with Crippen LogP contribution < -0.4 is 4.90 Å². The summed E-state index contributed by atoms with van der Waals surface area (Å²) in [5.41, 5.74) is 2.28. The van der Waals surface area contributed by atoms with E-state index < -0.39 is 5.97 Å². The molecule has 0 aliphatic carbocycles. The standard InChI is InChI=1S/C18H17N3O2/c1-13-19-15(12-20(13)2)9-8-14-6-5-7-16(18(22)23)17(14)21-10-3-4-11-21/h3,5-7,10,12H,4,11H2,1-2H3,(H,22,23). The zero-order chi connectivity index (χ0) is 16.4. The Morgan fingerprint density at radius 2 is 2.17 bits per heavy atom. The maximum atomic E-state index is 11.5. The quantitative estimate of drug-likeness (QED) is 0.866. The Balaban J connectivity index is 2.07. The molecule has 0 atom stereocenters. The maximum Gasteiger partial charge on any atom is 0.337 e. The van der Waals surface area contributed by atoms with Gasteiger partial charge in [-0.2, -0.15) is 0 Å². The fraction of sp³-hybridized carbons (Fsp3) is 0.222. The number of imidazole rings is 1. The van der Waals surface area contributed by atoms with E-state index in [1.54, 1.807) is 12.1 Å². The number of carboxylic acids is 1. The third-order valence-electron chi connectivity index (χ3n) is 3.81. The molecule has 116 valence electrons. The van der Waals surface area contributed by atoms with Crippen molar-refractivity contribution < 1.29 is 9.90 Å². The Hall–Kier alpha value is -3.00. The highest BCUT2D eigenvalue weighted by Gasteiger charge is 2.19. The van der Waals surface area contributed by atoms with Gasteiger partial charge in [0.1, 0.15) is 11.5 Å². The van der Waals surface area contributed by atoms with Gasteiger partial charge in [0.25, 0.3) is 0 Å². The number of nitrogens with zero attached hydrogens (tertiary/aromatic N) is 3. The van der Waals surface area contributed by atoms with Gasteiger partial charge in [-0.15, -0.1) is 0 Å². The zero-order valence-electron chi connectivity index (χ0n) is 13.1. The van der Waals surface area contributed by atoms with Crippen molar-refractivity contribution in [1.82, 2.24) is 9.55 Å². The molecule has 0 saturated heterocycles. The van der Waals surface area contributed by atoms with Crippen LogP contribution in [0.1, 0.15) is 33.9 Å². The van der Waals surface area contributed by atoms with Crippen molar-refractivity contribution in [1.29, 1.82) is 0 Å². The van der Waals surface area contributed by atoms with Crippen molar-refractivity contribution in [3.63, 3.8) is 0 Å². The molecule has 5 heteroatoms. The lowest BCUT2D eigenvalue weighted by Crippen LogP contribution is -2.17. The molecule has 1 aromatic heterocycles. The number of aromatic nitrogens is 2. The lowest BCUT2D eigenvalue weighted by Gasteiger charge is -2.19. The summed E-state index contributed by atoms with van der Waals surface area (Å²) in [7, 11) is 1.92. The Kier molecular flexibility index (Phi) is 3.90. The van der Waals surface area contributed by atoms with Crippen LogP contribution in [0.25, 0.3) is 0 Å². The van der Waals surface area contributed by atoms with Crippen LogP contribution in [-0.2, 0) is 7.05 Å². The number of rotatable bonds is 2. The first-order valence-corrected chi connectivity index (χ1v) is 7.38. The summed E-state index contributed by atoms with van der Waals surface area (Å²) in [4.78, 5) is 17.8. The summed E-state index contributed by atoms with van der Waals surface area (Å²) in [5.74, 6) is 6.04. The number of hydrogen-bond donors (Lipinski definition) is 1. The monoisotopic (exact) mass is 307 g/mol. The Morgan fingerprint density at radius 1 is 1.35 bits per heavy atom. The molecule has 1 aromatic carbocycles. The van der Waals surface area contributed by atoms with Crippen LogP contribution in [0, 0.1) is 18.8 Å². The molecule has 0 fully saturated rings. The molecule has 5 nitrogen and oxygen atoms in total.